The Balaban J connectivity index is 3.02. The third-order valence-corrected chi connectivity index (χ3v) is 2.32. The minimum absolute atomic E-state index is 0.123. The van der Waals surface area contributed by atoms with Gasteiger partial charge in [0.2, 0.25) is 0 Å². The molecule has 4 nitrogen and oxygen atoms in total. The number of methoxy groups -OCH3 is 1. The van der Waals surface area contributed by atoms with Crippen molar-refractivity contribution in [2.75, 3.05) is 7.11 Å². The number of hydrogen-bond acceptors (Lipinski definition) is 3. The second kappa shape index (κ2) is 4.83. The number of benzene rings is 1. The van der Waals surface area contributed by atoms with Crippen molar-refractivity contribution < 1.29 is 24.1 Å². The molecular formula is C11H13FO4. The van der Waals surface area contributed by atoms with Crippen LogP contribution in [0.5, 0.6) is 11.5 Å². The Morgan fingerprint density at radius 1 is 1.56 bits per heavy atom. The molecule has 0 radical (unpaired) electrons. The van der Waals surface area contributed by atoms with E-state index < -0.39 is 17.7 Å². The fraction of sp³-hybridized carbons (Fsp3) is 0.364. The average Bonchev–Trinajstić information content (AvgIpc) is 2.22. The fourth-order valence-corrected chi connectivity index (χ4v) is 1.36. The van der Waals surface area contributed by atoms with E-state index in [0.717, 1.165) is 6.07 Å². The summed E-state index contributed by atoms with van der Waals surface area (Å²) in [6.07, 6.45) is 0.123. The predicted octanol–water partition coefficient (Wildman–Crippen LogP) is 1.80. The van der Waals surface area contributed by atoms with Crippen LogP contribution in [-0.4, -0.2) is 23.3 Å². The van der Waals surface area contributed by atoms with Gasteiger partial charge in [0.15, 0.2) is 17.3 Å². The van der Waals surface area contributed by atoms with Gasteiger partial charge in [-0.05, 0) is 18.1 Å². The molecule has 0 aliphatic carbocycles. The molecule has 0 spiro atoms. The minimum Gasteiger partial charge on any atom is -0.504 e. The van der Waals surface area contributed by atoms with Crippen LogP contribution in [0.15, 0.2) is 12.1 Å². The van der Waals surface area contributed by atoms with Crippen molar-refractivity contribution in [3.63, 3.8) is 0 Å². The largest absolute Gasteiger partial charge is 0.504 e. The van der Waals surface area contributed by atoms with E-state index in [1.165, 1.54) is 20.1 Å². The molecule has 1 unspecified atom stereocenters. The molecule has 0 amide bonds. The first kappa shape index (κ1) is 12.3. The lowest BCUT2D eigenvalue weighted by atomic mass is 10.00. The van der Waals surface area contributed by atoms with Gasteiger partial charge in [-0.1, -0.05) is 13.0 Å². The highest BCUT2D eigenvalue weighted by Gasteiger charge is 2.18. The van der Waals surface area contributed by atoms with Gasteiger partial charge in [0.05, 0.1) is 13.0 Å². The van der Waals surface area contributed by atoms with Crippen molar-refractivity contribution in [1.29, 1.82) is 0 Å². The van der Waals surface area contributed by atoms with Gasteiger partial charge in [-0.3, -0.25) is 4.79 Å². The third-order valence-electron chi connectivity index (χ3n) is 2.32. The van der Waals surface area contributed by atoms with Crippen LogP contribution in [-0.2, 0) is 11.2 Å². The Morgan fingerprint density at radius 3 is 2.69 bits per heavy atom. The summed E-state index contributed by atoms with van der Waals surface area (Å²) in [7, 11) is 1.24. The van der Waals surface area contributed by atoms with Gasteiger partial charge >= 0.3 is 5.97 Å². The molecule has 1 aromatic carbocycles. The summed E-state index contributed by atoms with van der Waals surface area (Å²) in [4.78, 5) is 10.6. The van der Waals surface area contributed by atoms with Crippen LogP contribution in [0.25, 0.3) is 0 Å². The van der Waals surface area contributed by atoms with E-state index in [-0.39, 0.29) is 17.9 Å². The molecule has 0 saturated carbocycles. The van der Waals surface area contributed by atoms with Gasteiger partial charge in [-0.15, -0.1) is 0 Å². The van der Waals surface area contributed by atoms with Crippen molar-refractivity contribution in [3.8, 4) is 11.5 Å². The lowest BCUT2D eigenvalue weighted by Gasteiger charge is -2.11. The number of phenols is 1. The van der Waals surface area contributed by atoms with Gasteiger partial charge in [0.25, 0.3) is 0 Å². The number of hydrogen-bond donors (Lipinski definition) is 2. The molecule has 1 aromatic rings. The Bertz CT molecular complexity index is 403. The number of ether oxygens (including phenoxy) is 1. The summed E-state index contributed by atoms with van der Waals surface area (Å²) in [5.74, 6) is -2.89. The first-order valence-corrected chi connectivity index (χ1v) is 4.74. The molecule has 0 aliphatic rings. The number of carbonyl (C=O) groups is 1. The summed E-state index contributed by atoms with van der Waals surface area (Å²) in [5.41, 5.74) is 0.355. The summed E-state index contributed by atoms with van der Waals surface area (Å²) in [6, 6.07) is 2.50. The molecule has 0 bridgehead atoms. The van der Waals surface area contributed by atoms with E-state index >= 15 is 0 Å². The molecule has 16 heavy (non-hydrogen) atoms. The fourth-order valence-electron chi connectivity index (χ4n) is 1.36. The van der Waals surface area contributed by atoms with E-state index in [1.807, 2.05) is 0 Å². The monoisotopic (exact) mass is 228 g/mol. The van der Waals surface area contributed by atoms with E-state index in [1.54, 1.807) is 0 Å². The van der Waals surface area contributed by atoms with Gasteiger partial charge in [0, 0.05) is 0 Å². The maximum Gasteiger partial charge on any atom is 0.306 e. The highest BCUT2D eigenvalue weighted by molar-refractivity contribution is 5.70. The molecule has 0 heterocycles. The van der Waals surface area contributed by atoms with Crippen LogP contribution in [0.1, 0.15) is 12.5 Å². The Hall–Kier alpha value is -1.78. The van der Waals surface area contributed by atoms with Crippen molar-refractivity contribution in [3.05, 3.63) is 23.5 Å². The molecular weight excluding hydrogens is 215 g/mol. The van der Waals surface area contributed by atoms with Gasteiger partial charge in [-0.2, -0.15) is 0 Å². The molecule has 2 N–H and O–H groups in total. The standard InChI is InChI=1S/C11H13FO4/c1-6(11(14)15)5-7-3-4-8(12)10(16-2)9(7)13/h3-4,6,13H,5H2,1-2H3,(H,14,15). The first-order chi connectivity index (χ1) is 7.47. The first-order valence-electron chi connectivity index (χ1n) is 4.74. The van der Waals surface area contributed by atoms with Gasteiger partial charge in [0.1, 0.15) is 0 Å². The molecule has 0 saturated heterocycles. The summed E-state index contributed by atoms with van der Waals surface area (Å²) in [6.45, 7) is 1.51. The smallest absolute Gasteiger partial charge is 0.306 e. The predicted molar refractivity (Wildman–Crippen MR) is 55.1 cm³/mol. The van der Waals surface area contributed by atoms with Crippen molar-refractivity contribution in [1.82, 2.24) is 0 Å². The second-order valence-electron chi connectivity index (χ2n) is 3.53. The van der Waals surface area contributed by atoms with E-state index in [4.69, 9.17) is 5.11 Å². The Morgan fingerprint density at radius 2 is 2.19 bits per heavy atom. The van der Waals surface area contributed by atoms with Crippen LogP contribution in [0.3, 0.4) is 0 Å². The lowest BCUT2D eigenvalue weighted by molar-refractivity contribution is -0.141. The zero-order valence-electron chi connectivity index (χ0n) is 9.03. The lowest BCUT2D eigenvalue weighted by Crippen LogP contribution is -2.12. The van der Waals surface area contributed by atoms with Crippen LogP contribution in [0.2, 0.25) is 0 Å². The third kappa shape index (κ3) is 2.42. The second-order valence-corrected chi connectivity index (χ2v) is 3.53. The number of carboxylic acid groups (broad SMARTS) is 1. The van der Waals surface area contributed by atoms with Crippen molar-refractivity contribution in [2.24, 2.45) is 5.92 Å². The SMILES string of the molecule is COc1c(F)ccc(CC(C)C(=O)O)c1O. The Labute approximate surface area is 92.3 Å². The van der Waals surface area contributed by atoms with E-state index in [2.05, 4.69) is 4.74 Å². The number of phenolic OH excluding ortho intramolecular Hbond substituents is 1. The molecule has 5 heteroatoms. The average molecular weight is 228 g/mol. The Kier molecular flexibility index (Phi) is 3.71. The van der Waals surface area contributed by atoms with E-state index in [9.17, 15) is 14.3 Å². The highest BCUT2D eigenvalue weighted by atomic mass is 19.1. The van der Waals surface area contributed by atoms with Crippen LogP contribution in [0, 0.1) is 11.7 Å². The normalized spacial score (nSPS) is 12.2. The molecule has 88 valence electrons. The molecule has 1 atom stereocenters. The van der Waals surface area contributed by atoms with Crippen molar-refractivity contribution in [2.45, 2.75) is 13.3 Å². The van der Waals surface area contributed by atoms with Gasteiger partial charge < -0.3 is 14.9 Å². The molecule has 0 aromatic heterocycles. The van der Waals surface area contributed by atoms with Crippen LogP contribution >= 0.6 is 0 Å². The number of aromatic hydroxyl groups is 1. The maximum atomic E-state index is 13.1. The van der Waals surface area contributed by atoms with Crippen LogP contribution < -0.4 is 4.74 Å². The summed E-state index contributed by atoms with van der Waals surface area (Å²) < 4.78 is 17.8. The zero-order chi connectivity index (χ0) is 12.3. The quantitative estimate of drug-likeness (QED) is 0.824. The summed E-state index contributed by atoms with van der Waals surface area (Å²) in [5, 5.41) is 18.4. The number of halogens is 1. The number of aliphatic carboxylic acids is 1. The zero-order valence-corrected chi connectivity index (χ0v) is 9.03. The van der Waals surface area contributed by atoms with Gasteiger partial charge in [-0.25, -0.2) is 4.39 Å². The number of rotatable bonds is 4. The van der Waals surface area contributed by atoms with Crippen molar-refractivity contribution >= 4 is 5.97 Å². The number of carboxylic acids is 1. The molecule has 0 aliphatic heterocycles. The molecule has 0 fully saturated rings. The minimum atomic E-state index is -0.970. The maximum absolute atomic E-state index is 13.1. The molecule has 1 rings (SSSR count). The topological polar surface area (TPSA) is 66.8 Å². The highest BCUT2D eigenvalue weighted by Crippen LogP contribution is 2.33. The van der Waals surface area contributed by atoms with E-state index in [0.29, 0.717) is 5.56 Å². The summed E-state index contributed by atoms with van der Waals surface area (Å²) >= 11 is 0. The van der Waals surface area contributed by atoms with Crippen LogP contribution in [0.4, 0.5) is 4.39 Å².